The highest BCUT2D eigenvalue weighted by Crippen LogP contribution is 2.27. The molecule has 154 valence electrons. The molecule has 0 saturated carbocycles. The maximum Gasteiger partial charge on any atom is 0.251 e. The van der Waals surface area contributed by atoms with Crippen LogP contribution in [-0.2, 0) is 4.79 Å². The standard InChI is InChI=1S/C25H26N2O3/c1-30-22-14-12-21(13-15-22)25(29)27-17-16-26-24(28)18-23(19-8-4-2-5-9-19)20-10-6-3-7-11-20/h2-15,23H,16-18H2,1H3,(H,26,28)(H,27,29). The predicted molar refractivity (Wildman–Crippen MR) is 118 cm³/mol. The Morgan fingerprint density at radius 1 is 0.767 bits per heavy atom. The Kier molecular flexibility index (Phi) is 7.61. The summed E-state index contributed by atoms with van der Waals surface area (Å²) in [6.07, 6.45) is 0.348. The SMILES string of the molecule is COc1ccc(C(=O)NCCNC(=O)CC(c2ccccc2)c2ccccc2)cc1. The van der Waals surface area contributed by atoms with E-state index in [-0.39, 0.29) is 17.7 Å². The van der Waals surface area contributed by atoms with Crippen LogP contribution in [0.15, 0.2) is 84.9 Å². The number of carbonyl (C=O) groups excluding carboxylic acids is 2. The van der Waals surface area contributed by atoms with Crippen LogP contribution in [0.4, 0.5) is 0 Å². The average molecular weight is 402 g/mol. The number of nitrogens with one attached hydrogen (secondary N) is 2. The molecule has 2 amide bonds. The second kappa shape index (κ2) is 10.8. The van der Waals surface area contributed by atoms with E-state index in [0.29, 0.717) is 30.8 Å². The highest BCUT2D eigenvalue weighted by molar-refractivity contribution is 5.94. The Morgan fingerprint density at radius 3 is 1.83 bits per heavy atom. The van der Waals surface area contributed by atoms with Gasteiger partial charge in [0.2, 0.25) is 5.91 Å². The summed E-state index contributed by atoms with van der Waals surface area (Å²) in [4.78, 5) is 24.7. The predicted octanol–water partition coefficient (Wildman–Crippen LogP) is 3.76. The van der Waals surface area contributed by atoms with E-state index < -0.39 is 0 Å². The number of hydrogen-bond donors (Lipinski definition) is 2. The van der Waals surface area contributed by atoms with Crippen molar-refractivity contribution in [2.24, 2.45) is 0 Å². The molecule has 0 saturated heterocycles. The third-order valence-electron chi connectivity index (χ3n) is 4.88. The van der Waals surface area contributed by atoms with Crippen molar-refractivity contribution in [1.82, 2.24) is 10.6 Å². The largest absolute Gasteiger partial charge is 0.497 e. The van der Waals surface area contributed by atoms with Gasteiger partial charge in [-0.25, -0.2) is 0 Å². The van der Waals surface area contributed by atoms with E-state index in [1.165, 1.54) is 0 Å². The van der Waals surface area contributed by atoms with E-state index in [1.54, 1.807) is 31.4 Å². The Hall–Kier alpha value is -3.60. The van der Waals surface area contributed by atoms with Crippen LogP contribution in [0.1, 0.15) is 33.8 Å². The topological polar surface area (TPSA) is 67.4 Å². The monoisotopic (exact) mass is 402 g/mol. The number of ether oxygens (including phenoxy) is 1. The lowest BCUT2D eigenvalue weighted by Gasteiger charge is -2.18. The summed E-state index contributed by atoms with van der Waals surface area (Å²) < 4.78 is 5.09. The third kappa shape index (κ3) is 5.95. The lowest BCUT2D eigenvalue weighted by Crippen LogP contribution is -2.35. The minimum absolute atomic E-state index is 0.0127. The van der Waals surface area contributed by atoms with Crippen molar-refractivity contribution in [3.8, 4) is 5.75 Å². The van der Waals surface area contributed by atoms with Gasteiger partial charge < -0.3 is 15.4 Å². The van der Waals surface area contributed by atoms with E-state index in [1.807, 2.05) is 60.7 Å². The van der Waals surface area contributed by atoms with Crippen LogP contribution < -0.4 is 15.4 Å². The van der Waals surface area contributed by atoms with Gasteiger partial charge in [-0.3, -0.25) is 9.59 Å². The minimum atomic E-state index is -0.182. The van der Waals surface area contributed by atoms with Gasteiger partial charge in [-0.1, -0.05) is 60.7 Å². The Labute approximate surface area is 177 Å². The normalized spacial score (nSPS) is 10.5. The van der Waals surface area contributed by atoms with Crippen molar-refractivity contribution >= 4 is 11.8 Å². The summed E-state index contributed by atoms with van der Waals surface area (Å²) in [6.45, 7) is 0.731. The van der Waals surface area contributed by atoms with Gasteiger partial charge in [0.1, 0.15) is 5.75 Å². The van der Waals surface area contributed by atoms with Crippen molar-refractivity contribution < 1.29 is 14.3 Å². The van der Waals surface area contributed by atoms with E-state index >= 15 is 0 Å². The molecule has 30 heavy (non-hydrogen) atoms. The second-order valence-electron chi connectivity index (χ2n) is 6.91. The van der Waals surface area contributed by atoms with Gasteiger partial charge in [0.15, 0.2) is 0 Å². The molecule has 2 N–H and O–H groups in total. The number of amides is 2. The van der Waals surface area contributed by atoms with Crippen LogP contribution in [0.2, 0.25) is 0 Å². The van der Waals surface area contributed by atoms with Crippen LogP contribution in [0.3, 0.4) is 0 Å². The molecule has 0 radical (unpaired) electrons. The molecule has 0 aliphatic heterocycles. The van der Waals surface area contributed by atoms with Crippen molar-refractivity contribution in [3.05, 3.63) is 102 Å². The lowest BCUT2D eigenvalue weighted by molar-refractivity contribution is -0.121. The number of carbonyl (C=O) groups is 2. The van der Waals surface area contributed by atoms with Crippen molar-refractivity contribution in [2.75, 3.05) is 20.2 Å². The molecule has 0 fully saturated rings. The van der Waals surface area contributed by atoms with E-state index in [9.17, 15) is 9.59 Å². The van der Waals surface area contributed by atoms with E-state index in [4.69, 9.17) is 4.74 Å². The summed E-state index contributed by atoms with van der Waals surface area (Å²) in [6, 6.07) is 26.9. The lowest BCUT2D eigenvalue weighted by atomic mass is 9.88. The molecule has 0 unspecified atom stereocenters. The van der Waals surface area contributed by atoms with Gasteiger partial charge in [-0.15, -0.1) is 0 Å². The molecule has 0 bridgehead atoms. The maximum absolute atomic E-state index is 12.5. The maximum atomic E-state index is 12.5. The van der Waals surface area contributed by atoms with Crippen LogP contribution in [0.25, 0.3) is 0 Å². The highest BCUT2D eigenvalue weighted by atomic mass is 16.5. The molecule has 0 aliphatic rings. The van der Waals surface area contributed by atoms with Crippen LogP contribution in [0, 0.1) is 0 Å². The first-order valence-corrected chi connectivity index (χ1v) is 9.96. The van der Waals surface area contributed by atoms with E-state index in [0.717, 1.165) is 11.1 Å². The summed E-state index contributed by atoms with van der Waals surface area (Å²) in [5.41, 5.74) is 2.76. The van der Waals surface area contributed by atoms with Crippen molar-refractivity contribution in [2.45, 2.75) is 12.3 Å². The summed E-state index contributed by atoms with van der Waals surface area (Å²) in [5, 5.41) is 5.72. The highest BCUT2D eigenvalue weighted by Gasteiger charge is 2.17. The van der Waals surface area contributed by atoms with Gasteiger partial charge in [0.05, 0.1) is 7.11 Å². The molecule has 3 aromatic carbocycles. The van der Waals surface area contributed by atoms with Gasteiger partial charge in [0, 0.05) is 31.0 Å². The zero-order valence-corrected chi connectivity index (χ0v) is 17.0. The van der Waals surface area contributed by atoms with Crippen LogP contribution in [-0.4, -0.2) is 32.0 Å². The first-order chi connectivity index (χ1) is 14.7. The smallest absolute Gasteiger partial charge is 0.251 e. The van der Waals surface area contributed by atoms with Crippen molar-refractivity contribution in [3.63, 3.8) is 0 Å². The van der Waals surface area contributed by atoms with Gasteiger partial charge in [0.25, 0.3) is 5.91 Å². The van der Waals surface area contributed by atoms with E-state index in [2.05, 4.69) is 10.6 Å². The molecular weight excluding hydrogens is 376 g/mol. The Morgan fingerprint density at radius 2 is 1.30 bits per heavy atom. The molecule has 3 aromatic rings. The van der Waals surface area contributed by atoms with Crippen LogP contribution >= 0.6 is 0 Å². The first-order valence-electron chi connectivity index (χ1n) is 9.96. The quantitative estimate of drug-likeness (QED) is 0.536. The van der Waals surface area contributed by atoms with Crippen LogP contribution in [0.5, 0.6) is 5.75 Å². The molecule has 5 heteroatoms. The number of benzene rings is 3. The zero-order valence-electron chi connectivity index (χ0n) is 17.0. The number of rotatable bonds is 9. The number of methoxy groups -OCH3 is 1. The fraction of sp³-hybridized carbons (Fsp3) is 0.200. The first kappa shape index (κ1) is 21.1. The molecule has 0 spiro atoms. The third-order valence-corrected chi connectivity index (χ3v) is 4.88. The van der Waals surface area contributed by atoms with Gasteiger partial charge in [-0.2, -0.15) is 0 Å². The molecule has 0 heterocycles. The average Bonchev–Trinajstić information content (AvgIpc) is 2.81. The van der Waals surface area contributed by atoms with Gasteiger partial charge in [-0.05, 0) is 35.4 Å². The summed E-state index contributed by atoms with van der Waals surface area (Å²) in [7, 11) is 1.58. The molecule has 0 aliphatic carbocycles. The molecule has 0 aromatic heterocycles. The summed E-state index contributed by atoms with van der Waals surface area (Å²) in [5.74, 6) is 0.455. The molecular formula is C25H26N2O3. The second-order valence-corrected chi connectivity index (χ2v) is 6.91. The minimum Gasteiger partial charge on any atom is -0.497 e. The van der Waals surface area contributed by atoms with Crippen molar-refractivity contribution in [1.29, 1.82) is 0 Å². The fourth-order valence-corrected chi connectivity index (χ4v) is 3.28. The fourth-order valence-electron chi connectivity index (χ4n) is 3.28. The Bertz CT molecular complexity index is 902. The Balaban J connectivity index is 1.50. The molecule has 3 rings (SSSR count). The molecule has 5 nitrogen and oxygen atoms in total. The summed E-state index contributed by atoms with van der Waals surface area (Å²) >= 11 is 0. The molecule has 0 atom stereocenters. The van der Waals surface area contributed by atoms with Gasteiger partial charge >= 0.3 is 0 Å². The number of hydrogen-bond acceptors (Lipinski definition) is 3. The zero-order chi connectivity index (χ0) is 21.2.